The Kier molecular flexibility index (Phi) is 6.10. The van der Waals surface area contributed by atoms with E-state index < -0.39 is 4.92 Å². The van der Waals surface area contributed by atoms with Crippen molar-refractivity contribution in [2.45, 2.75) is 26.3 Å². The maximum absolute atomic E-state index is 12.3. The summed E-state index contributed by atoms with van der Waals surface area (Å²) < 4.78 is 5.04. The number of benzene rings is 1. The van der Waals surface area contributed by atoms with E-state index in [-0.39, 0.29) is 41.5 Å². The highest BCUT2D eigenvalue weighted by atomic mass is 16.6. The molecule has 0 fully saturated rings. The summed E-state index contributed by atoms with van der Waals surface area (Å²) in [6.07, 6.45) is 0.443. The average molecular weight is 296 g/mol. The van der Waals surface area contributed by atoms with Crippen molar-refractivity contribution in [2.24, 2.45) is 5.92 Å². The second kappa shape index (κ2) is 7.58. The number of nitrogens with one attached hydrogen (secondary N) is 1. The van der Waals surface area contributed by atoms with Gasteiger partial charge in [-0.15, -0.1) is 0 Å². The highest BCUT2D eigenvalue weighted by Gasteiger charge is 2.21. The molecule has 2 N–H and O–H groups in total. The lowest BCUT2D eigenvalue weighted by molar-refractivity contribution is -0.384. The number of methoxy groups -OCH3 is 1. The van der Waals surface area contributed by atoms with E-state index in [2.05, 4.69) is 5.32 Å². The number of hydrogen-bond donors (Lipinski definition) is 2. The molecule has 0 bridgehead atoms. The number of amides is 1. The summed E-state index contributed by atoms with van der Waals surface area (Å²) in [5.74, 6) is -0.0766. The van der Waals surface area contributed by atoms with Gasteiger partial charge in [0.05, 0.1) is 23.7 Å². The van der Waals surface area contributed by atoms with Crippen LogP contribution in [0.1, 0.15) is 30.6 Å². The minimum atomic E-state index is -0.549. The number of nitrogens with zero attached hydrogens (tertiary/aromatic N) is 1. The molecule has 0 saturated carbocycles. The van der Waals surface area contributed by atoms with Crippen molar-refractivity contribution in [2.75, 3.05) is 13.7 Å². The molecule has 1 aromatic rings. The Morgan fingerprint density at radius 3 is 2.62 bits per heavy atom. The molecule has 7 nitrogen and oxygen atoms in total. The number of hydrogen-bond acceptors (Lipinski definition) is 5. The second-order valence-electron chi connectivity index (χ2n) is 4.98. The van der Waals surface area contributed by atoms with Crippen LogP contribution in [0, 0.1) is 16.0 Å². The average Bonchev–Trinajstić information content (AvgIpc) is 2.45. The molecule has 1 atom stereocenters. The van der Waals surface area contributed by atoms with Gasteiger partial charge in [0.1, 0.15) is 5.75 Å². The summed E-state index contributed by atoms with van der Waals surface area (Å²) in [7, 11) is 1.35. The van der Waals surface area contributed by atoms with E-state index in [1.54, 1.807) is 0 Å². The molecule has 116 valence electrons. The molecular formula is C14H20N2O5. The molecule has 1 amide bonds. The Morgan fingerprint density at radius 1 is 1.48 bits per heavy atom. The van der Waals surface area contributed by atoms with Crippen LogP contribution in [-0.4, -0.2) is 35.7 Å². The molecule has 21 heavy (non-hydrogen) atoms. The molecule has 7 heteroatoms. The molecule has 1 unspecified atom stereocenters. The van der Waals surface area contributed by atoms with Crippen LogP contribution in [0.4, 0.5) is 5.69 Å². The van der Waals surface area contributed by atoms with E-state index in [0.29, 0.717) is 6.42 Å². The zero-order valence-electron chi connectivity index (χ0n) is 12.3. The maximum Gasteiger partial charge on any atom is 0.273 e. The van der Waals surface area contributed by atoms with Gasteiger partial charge in [-0.25, -0.2) is 0 Å². The van der Waals surface area contributed by atoms with Crippen LogP contribution in [-0.2, 0) is 0 Å². The number of nitro groups is 1. The first-order valence-corrected chi connectivity index (χ1v) is 6.64. The molecule has 0 saturated heterocycles. The summed E-state index contributed by atoms with van der Waals surface area (Å²) in [5, 5.41) is 22.5. The standard InChI is InChI=1S/C14H20N2O5/c1-9(2)12(6-7-17)15-14(18)11-5-4-10(16(19)20)8-13(11)21-3/h4-5,8-9,12,17H,6-7H2,1-3H3,(H,15,18). The third-order valence-electron chi connectivity index (χ3n) is 3.20. The lowest BCUT2D eigenvalue weighted by Gasteiger charge is -2.22. The van der Waals surface area contributed by atoms with Crippen molar-refractivity contribution >= 4 is 11.6 Å². The highest BCUT2D eigenvalue weighted by Crippen LogP contribution is 2.24. The van der Waals surface area contributed by atoms with E-state index in [1.807, 2.05) is 13.8 Å². The molecule has 0 radical (unpaired) electrons. The molecular weight excluding hydrogens is 276 g/mol. The Morgan fingerprint density at radius 2 is 2.14 bits per heavy atom. The van der Waals surface area contributed by atoms with Gasteiger partial charge in [-0.2, -0.15) is 0 Å². The van der Waals surface area contributed by atoms with Crippen LogP contribution < -0.4 is 10.1 Å². The maximum atomic E-state index is 12.3. The minimum Gasteiger partial charge on any atom is -0.496 e. The highest BCUT2D eigenvalue weighted by molar-refractivity contribution is 5.97. The van der Waals surface area contributed by atoms with E-state index in [1.165, 1.54) is 25.3 Å². The Bertz CT molecular complexity index is 516. The lowest BCUT2D eigenvalue weighted by atomic mass is 10.0. The molecule has 0 aliphatic carbocycles. The predicted octanol–water partition coefficient (Wildman–Crippen LogP) is 1.74. The fourth-order valence-corrected chi connectivity index (χ4v) is 1.94. The molecule has 0 heterocycles. The van der Waals surface area contributed by atoms with Gasteiger partial charge in [0.15, 0.2) is 0 Å². The van der Waals surface area contributed by atoms with Gasteiger partial charge in [-0.3, -0.25) is 14.9 Å². The summed E-state index contributed by atoms with van der Waals surface area (Å²) >= 11 is 0. The molecule has 1 aromatic carbocycles. The largest absolute Gasteiger partial charge is 0.496 e. The second-order valence-corrected chi connectivity index (χ2v) is 4.98. The van der Waals surface area contributed by atoms with Crippen LogP contribution in [0.15, 0.2) is 18.2 Å². The van der Waals surface area contributed by atoms with Crippen molar-refractivity contribution in [1.29, 1.82) is 0 Å². The fourth-order valence-electron chi connectivity index (χ4n) is 1.94. The zero-order chi connectivity index (χ0) is 16.0. The number of ether oxygens (including phenoxy) is 1. The smallest absolute Gasteiger partial charge is 0.273 e. The number of carbonyl (C=O) groups is 1. The van der Waals surface area contributed by atoms with Gasteiger partial charge in [-0.1, -0.05) is 13.8 Å². The molecule has 0 aromatic heterocycles. The zero-order valence-corrected chi connectivity index (χ0v) is 12.3. The number of aliphatic hydroxyl groups is 1. The van der Waals surface area contributed by atoms with Crippen molar-refractivity contribution in [1.82, 2.24) is 5.32 Å². The van der Waals surface area contributed by atoms with E-state index in [4.69, 9.17) is 9.84 Å². The van der Waals surface area contributed by atoms with Crippen LogP contribution in [0.2, 0.25) is 0 Å². The summed E-state index contributed by atoms with van der Waals surface area (Å²) in [5.41, 5.74) is 0.0888. The van der Waals surface area contributed by atoms with Gasteiger partial charge in [0.25, 0.3) is 11.6 Å². The van der Waals surface area contributed by atoms with E-state index in [9.17, 15) is 14.9 Å². The number of carbonyl (C=O) groups excluding carboxylic acids is 1. The van der Waals surface area contributed by atoms with Crippen LogP contribution in [0.3, 0.4) is 0 Å². The first-order chi connectivity index (χ1) is 9.90. The third kappa shape index (κ3) is 4.42. The molecule has 0 spiro atoms. The predicted molar refractivity (Wildman–Crippen MR) is 77.4 cm³/mol. The Hall–Kier alpha value is -2.15. The lowest BCUT2D eigenvalue weighted by Crippen LogP contribution is -2.39. The monoisotopic (exact) mass is 296 g/mol. The van der Waals surface area contributed by atoms with Crippen LogP contribution in [0.25, 0.3) is 0 Å². The van der Waals surface area contributed by atoms with Gasteiger partial charge in [0.2, 0.25) is 0 Å². The van der Waals surface area contributed by atoms with Crippen molar-refractivity contribution < 1.29 is 19.6 Å². The number of aliphatic hydroxyl groups excluding tert-OH is 1. The van der Waals surface area contributed by atoms with Gasteiger partial charge in [0, 0.05) is 18.7 Å². The SMILES string of the molecule is COc1cc([N+](=O)[O-])ccc1C(=O)NC(CCO)C(C)C. The van der Waals surface area contributed by atoms with Crippen LogP contribution in [0.5, 0.6) is 5.75 Å². The molecule has 1 rings (SSSR count). The van der Waals surface area contributed by atoms with Crippen LogP contribution >= 0.6 is 0 Å². The first kappa shape index (κ1) is 16.9. The number of non-ortho nitro benzene ring substituents is 1. The Balaban J connectivity index is 2.98. The molecule has 0 aliphatic heterocycles. The van der Waals surface area contributed by atoms with E-state index in [0.717, 1.165) is 0 Å². The summed E-state index contributed by atoms with van der Waals surface area (Å²) in [6, 6.07) is 3.66. The van der Waals surface area contributed by atoms with E-state index >= 15 is 0 Å². The molecule has 0 aliphatic rings. The number of rotatable bonds is 7. The van der Waals surface area contributed by atoms with Crippen molar-refractivity contribution in [3.05, 3.63) is 33.9 Å². The Labute approximate surface area is 123 Å². The van der Waals surface area contributed by atoms with Gasteiger partial charge in [-0.05, 0) is 18.4 Å². The van der Waals surface area contributed by atoms with Gasteiger partial charge >= 0.3 is 0 Å². The van der Waals surface area contributed by atoms with Crippen molar-refractivity contribution in [3.8, 4) is 5.75 Å². The number of nitro benzene ring substituents is 1. The summed E-state index contributed by atoms with van der Waals surface area (Å²) in [6.45, 7) is 3.85. The fraction of sp³-hybridized carbons (Fsp3) is 0.500. The minimum absolute atomic E-state index is 0.0273. The quantitative estimate of drug-likeness (QED) is 0.589. The summed E-state index contributed by atoms with van der Waals surface area (Å²) in [4.78, 5) is 22.4. The van der Waals surface area contributed by atoms with Crippen molar-refractivity contribution in [3.63, 3.8) is 0 Å². The first-order valence-electron chi connectivity index (χ1n) is 6.64. The third-order valence-corrected chi connectivity index (χ3v) is 3.20. The van der Waals surface area contributed by atoms with Gasteiger partial charge < -0.3 is 15.2 Å². The normalized spacial score (nSPS) is 12.0. The topological polar surface area (TPSA) is 102 Å².